The normalized spacial score (nSPS) is 14.3. The number of aliphatic imine (C=N–C) groups is 1. The molecular formula is C11H13N3O2S. The molecule has 2 amide bonds. The molecule has 1 aliphatic rings. The second-order valence-corrected chi connectivity index (χ2v) is 5.23. The Bertz CT molecular complexity index is 543. The van der Waals surface area contributed by atoms with Gasteiger partial charge in [-0.25, -0.2) is 0 Å². The molecule has 6 heteroatoms. The molecule has 1 aliphatic heterocycles. The minimum absolute atomic E-state index is 0.0675. The Morgan fingerprint density at radius 3 is 2.71 bits per heavy atom. The number of hydrogen-bond donors (Lipinski definition) is 1. The Morgan fingerprint density at radius 2 is 2.12 bits per heavy atom. The van der Waals surface area contributed by atoms with E-state index in [4.69, 9.17) is 5.73 Å². The van der Waals surface area contributed by atoms with Crippen LogP contribution in [0.1, 0.15) is 25.7 Å². The molecule has 0 fully saturated rings. The maximum absolute atomic E-state index is 11.9. The third kappa shape index (κ3) is 1.84. The maximum Gasteiger partial charge on any atom is 0.263 e. The molecule has 1 aromatic rings. The van der Waals surface area contributed by atoms with Gasteiger partial charge in [-0.3, -0.25) is 9.59 Å². The molecule has 90 valence electrons. The molecule has 0 spiro atoms. The zero-order valence-corrected chi connectivity index (χ0v) is 10.7. The van der Waals surface area contributed by atoms with E-state index in [2.05, 4.69) is 4.99 Å². The Kier molecular flexibility index (Phi) is 2.74. The van der Waals surface area contributed by atoms with Gasteiger partial charge in [0.05, 0.1) is 11.3 Å². The standard InChI is InChI=1S/C11H13N3O2S/c1-5-8-6(4-7(15)13-10(8)12)17-9(5)11(16)14(2)3/h4H2,1-3H3,(H2,12,13,15). The SMILES string of the molecule is Cc1c(C(=O)N(C)C)sc2c1C(N)=NC(=O)C2. The summed E-state index contributed by atoms with van der Waals surface area (Å²) in [6.45, 7) is 1.84. The molecule has 0 atom stereocenters. The first-order chi connectivity index (χ1) is 7.91. The fourth-order valence-corrected chi connectivity index (χ4v) is 3.13. The number of hydrogen-bond acceptors (Lipinski definition) is 4. The topological polar surface area (TPSA) is 75.8 Å². The van der Waals surface area contributed by atoms with Gasteiger partial charge in [-0.2, -0.15) is 4.99 Å². The van der Waals surface area contributed by atoms with Crippen LogP contribution in [0.25, 0.3) is 0 Å². The minimum Gasteiger partial charge on any atom is -0.383 e. The van der Waals surface area contributed by atoms with Crippen molar-refractivity contribution in [3.05, 3.63) is 20.9 Å². The molecule has 0 unspecified atom stereocenters. The van der Waals surface area contributed by atoms with Crippen LogP contribution in [-0.4, -0.2) is 36.6 Å². The van der Waals surface area contributed by atoms with Crippen LogP contribution >= 0.6 is 11.3 Å². The molecule has 0 aliphatic carbocycles. The summed E-state index contributed by atoms with van der Waals surface area (Å²) in [4.78, 5) is 30.0. The molecule has 17 heavy (non-hydrogen) atoms. The number of rotatable bonds is 1. The number of fused-ring (bicyclic) bond motifs is 1. The van der Waals surface area contributed by atoms with Gasteiger partial charge in [-0.1, -0.05) is 0 Å². The largest absolute Gasteiger partial charge is 0.383 e. The number of nitrogens with two attached hydrogens (primary N) is 1. The predicted octanol–water partition coefficient (Wildman–Crippen LogP) is 0.546. The Hall–Kier alpha value is -1.69. The summed E-state index contributed by atoms with van der Waals surface area (Å²) in [5, 5.41) is 0. The number of thiophene rings is 1. The fourth-order valence-electron chi connectivity index (χ4n) is 1.81. The number of amidine groups is 1. The molecular weight excluding hydrogens is 238 g/mol. The highest BCUT2D eigenvalue weighted by Gasteiger charge is 2.27. The molecule has 0 aromatic carbocycles. The number of carbonyl (C=O) groups excluding carboxylic acids is 2. The first-order valence-electron chi connectivity index (χ1n) is 5.13. The molecule has 0 saturated heterocycles. The zero-order chi connectivity index (χ0) is 12.7. The third-order valence-electron chi connectivity index (χ3n) is 2.63. The van der Waals surface area contributed by atoms with E-state index in [1.54, 1.807) is 14.1 Å². The number of nitrogens with zero attached hydrogens (tertiary/aromatic N) is 2. The Balaban J connectivity index is 2.56. The first kappa shape index (κ1) is 11.8. The van der Waals surface area contributed by atoms with Crippen LogP contribution in [0.5, 0.6) is 0 Å². The Labute approximate surface area is 103 Å². The van der Waals surface area contributed by atoms with Crippen LogP contribution in [-0.2, 0) is 11.2 Å². The van der Waals surface area contributed by atoms with Crippen molar-refractivity contribution < 1.29 is 9.59 Å². The lowest BCUT2D eigenvalue weighted by molar-refractivity contribution is -0.117. The number of carbonyl (C=O) groups is 2. The summed E-state index contributed by atoms with van der Waals surface area (Å²) in [5.74, 6) is -0.0925. The average molecular weight is 251 g/mol. The van der Waals surface area contributed by atoms with Crippen LogP contribution in [0, 0.1) is 6.92 Å². The molecule has 2 heterocycles. The summed E-state index contributed by atoms with van der Waals surface area (Å²) in [6, 6.07) is 0. The molecule has 0 bridgehead atoms. The van der Waals surface area contributed by atoms with Gasteiger partial charge >= 0.3 is 0 Å². The lowest BCUT2D eigenvalue weighted by Gasteiger charge is -2.10. The lowest BCUT2D eigenvalue weighted by atomic mass is 10.0. The second kappa shape index (κ2) is 3.96. The van der Waals surface area contributed by atoms with E-state index >= 15 is 0 Å². The highest BCUT2D eigenvalue weighted by Crippen LogP contribution is 2.31. The molecule has 2 N–H and O–H groups in total. The number of amides is 2. The van der Waals surface area contributed by atoms with Crippen LogP contribution in [0.3, 0.4) is 0 Å². The van der Waals surface area contributed by atoms with Crippen molar-refractivity contribution in [2.75, 3.05) is 14.1 Å². The summed E-state index contributed by atoms with van der Waals surface area (Å²) in [5.41, 5.74) is 7.32. The molecule has 1 aromatic heterocycles. The van der Waals surface area contributed by atoms with E-state index in [0.29, 0.717) is 4.88 Å². The van der Waals surface area contributed by atoms with Crippen molar-refractivity contribution in [1.82, 2.24) is 4.90 Å². The molecule has 5 nitrogen and oxygen atoms in total. The lowest BCUT2D eigenvalue weighted by Crippen LogP contribution is -2.24. The van der Waals surface area contributed by atoms with Crippen molar-refractivity contribution in [3.63, 3.8) is 0 Å². The van der Waals surface area contributed by atoms with Gasteiger partial charge in [0.2, 0.25) is 0 Å². The van der Waals surface area contributed by atoms with Crippen LogP contribution in [0.15, 0.2) is 4.99 Å². The van der Waals surface area contributed by atoms with Gasteiger partial charge in [0, 0.05) is 24.5 Å². The van der Waals surface area contributed by atoms with Gasteiger partial charge in [-0.05, 0) is 12.5 Å². The van der Waals surface area contributed by atoms with Crippen molar-refractivity contribution in [2.45, 2.75) is 13.3 Å². The van der Waals surface area contributed by atoms with Gasteiger partial charge < -0.3 is 10.6 Å². The molecule has 0 saturated carbocycles. The highest BCUT2D eigenvalue weighted by molar-refractivity contribution is 7.14. The quantitative estimate of drug-likeness (QED) is 0.791. The van der Waals surface area contributed by atoms with Gasteiger partial charge in [0.15, 0.2) is 0 Å². The minimum atomic E-state index is -0.250. The van der Waals surface area contributed by atoms with E-state index in [0.717, 1.165) is 16.0 Å². The maximum atomic E-state index is 11.9. The zero-order valence-electron chi connectivity index (χ0n) is 9.90. The summed E-state index contributed by atoms with van der Waals surface area (Å²) in [6.07, 6.45) is 0.238. The Morgan fingerprint density at radius 1 is 1.47 bits per heavy atom. The summed E-state index contributed by atoms with van der Waals surface area (Å²) >= 11 is 1.33. The monoisotopic (exact) mass is 251 g/mol. The van der Waals surface area contributed by atoms with Crippen LogP contribution in [0.2, 0.25) is 0 Å². The van der Waals surface area contributed by atoms with Gasteiger partial charge in [-0.15, -0.1) is 11.3 Å². The first-order valence-corrected chi connectivity index (χ1v) is 5.94. The van der Waals surface area contributed by atoms with Crippen LogP contribution < -0.4 is 5.73 Å². The average Bonchev–Trinajstić information content (AvgIpc) is 2.54. The van der Waals surface area contributed by atoms with E-state index < -0.39 is 0 Å². The van der Waals surface area contributed by atoms with Gasteiger partial charge in [0.25, 0.3) is 11.8 Å². The van der Waals surface area contributed by atoms with Crippen LogP contribution in [0.4, 0.5) is 0 Å². The smallest absolute Gasteiger partial charge is 0.263 e. The summed E-state index contributed by atoms with van der Waals surface area (Å²) < 4.78 is 0. The van der Waals surface area contributed by atoms with Crippen molar-refractivity contribution in [1.29, 1.82) is 0 Å². The fraction of sp³-hybridized carbons (Fsp3) is 0.364. The second-order valence-electron chi connectivity index (χ2n) is 4.12. The molecule has 0 radical (unpaired) electrons. The van der Waals surface area contributed by atoms with Gasteiger partial charge in [0.1, 0.15) is 5.84 Å². The van der Waals surface area contributed by atoms with Crippen molar-refractivity contribution in [2.24, 2.45) is 10.7 Å². The van der Waals surface area contributed by atoms with Crippen molar-refractivity contribution >= 4 is 29.0 Å². The summed E-state index contributed by atoms with van der Waals surface area (Å²) in [7, 11) is 3.40. The van der Waals surface area contributed by atoms with E-state index in [-0.39, 0.29) is 24.1 Å². The van der Waals surface area contributed by atoms with Crippen molar-refractivity contribution in [3.8, 4) is 0 Å². The van der Waals surface area contributed by atoms with E-state index in [1.807, 2.05) is 6.92 Å². The van der Waals surface area contributed by atoms with E-state index in [1.165, 1.54) is 16.2 Å². The predicted molar refractivity (Wildman–Crippen MR) is 66.5 cm³/mol. The highest BCUT2D eigenvalue weighted by atomic mass is 32.1. The molecule has 2 rings (SSSR count). The van der Waals surface area contributed by atoms with E-state index in [9.17, 15) is 9.59 Å². The third-order valence-corrected chi connectivity index (χ3v) is 3.91.